The highest BCUT2D eigenvalue weighted by Gasteiger charge is 2.61. The van der Waals surface area contributed by atoms with E-state index in [4.69, 9.17) is 4.74 Å². The summed E-state index contributed by atoms with van der Waals surface area (Å²) in [7, 11) is 0. The molecule has 1 aliphatic rings. The van der Waals surface area contributed by atoms with Crippen molar-refractivity contribution in [2.24, 2.45) is 0 Å². The van der Waals surface area contributed by atoms with E-state index in [9.17, 15) is 23.1 Å². The van der Waals surface area contributed by atoms with E-state index >= 15 is 0 Å². The van der Waals surface area contributed by atoms with Gasteiger partial charge in [-0.15, -0.1) is 0 Å². The molecule has 1 unspecified atom stereocenters. The van der Waals surface area contributed by atoms with E-state index in [-0.39, 0.29) is 22.9 Å². The number of nitrogens with zero attached hydrogens (tertiary/aromatic N) is 1. The summed E-state index contributed by atoms with van der Waals surface area (Å²) in [5.74, 6) is -0.386. The summed E-state index contributed by atoms with van der Waals surface area (Å²) in [6, 6.07) is 19.5. The topological polar surface area (TPSA) is 61.8 Å². The van der Waals surface area contributed by atoms with Gasteiger partial charge in [0.2, 0.25) is 0 Å². The first kappa shape index (κ1) is 20.7. The second-order valence-corrected chi connectivity index (χ2v) is 7.30. The largest absolute Gasteiger partial charge is 0.489 e. The molecular formula is C23H19F3N2O3. The molecule has 1 amide bonds. The summed E-state index contributed by atoms with van der Waals surface area (Å²) in [6.45, 7) is 1.45. The van der Waals surface area contributed by atoms with Crippen molar-refractivity contribution >= 4 is 16.7 Å². The number of alkyl halides is 3. The van der Waals surface area contributed by atoms with E-state index in [2.05, 4.69) is 5.43 Å². The lowest BCUT2D eigenvalue weighted by atomic mass is 10.1. The molecule has 0 aliphatic carbocycles. The van der Waals surface area contributed by atoms with Gasteiger partial charge in [0.1, 0.15) is 12.4 Å². The Hall–Kier alpha value is -3.52. The smallest absolute Gasteiger partial charge is 0.442 e. The number of halogens is 3. The first-order valence-corrected chi connectivity index (χ1v) is 9.48. The molecule has 1 atom stereocenters. The summed E-state index contributed by atoms with van der Waals surface area (Å²) in [5, 5.41) is 12.4. The van der Waals surface area contributed by atoms with Gasteiger partial charge in [-0.2, -0.15) is 13.2 Å². The van der Waals surface area contributed by atoms with Gasteiger partial charge in [0, 0.05) is 11.3 Å². The van der Waals surface area contributed by atoms with Crippen molar-refractivity contribution < 1.29 is 27.8 Å². The van der Waals surface area contributed by atoms with Crippen molar-refractivity contribution in [3.63, 3.8) is 0 Å². The maximum Gasteiger partial charge on any atom is 0.442 e. The predicted molar refractivity (Wildman–Crippen MR) is 109 cm³/mol. The molecular weight excluding hydrogens is 409 g/mol. The van der Waals surface area contributed by atoms with Crippen LogP contribution in [0.4, 0.5) is 13.2 Å². The van der Waals surface area contributed by atoms with E-state index in [1.807, 2.05) is 42.5 Å². The summed E-state index contributed by atoms with van der Waals surface area (Å²) >= 11 is 0. The van der Waals surface area contributed by atoms with E-state index in [0.717, 1.165) is 10.8 Å². The molecule has 0 saturated carbocycles. The number of fused-ring (bicyclic) bond motifs is 1. The Labute approximate surface area is 176 Å². The zero-order chi connectivity index (χ0) is 22.2. The molecule has 31 heavy (non-hydrogen) atoms. The van der Waals surface area contributed by atoms with Gasteiger partial charge in [-0.3, -0.25) is 10.2 Å². The number of ether oxygens (including phenoxy) is 1. The van der Waals surface area contributed by atoms with Crippen LogP contribution in [0.5, 0.6) is 5.75 Å². The molecule has 8 heteroatoms. The van der Waals surface area contributed by atoms with Crippen molar-refractivity contribution in [2.45, 2.75) is 25.4 Å². The Kier molecular flexibility index (Phi) is 5.10. The Morgan fingerprint density at radius 2 is 1.81 bits per heavy atom. The monoisotopic (exact) mass is 428 g/mol. The van der Waals surface area contributed by atoms with Crippen LogP contribution in [0.1, 0.15) is 22.8 Å². The van der Waals surface area contributed by atoms with Crippen molar-refractivity contribution in [2.75, 3.05) is 0 Å². The van der Waals surface area contributed by atoms with Crippen LogP contribution in [-0.4, -0.2) is 27.9 Å². The van der Waals surface area contributed by atoms with Gasteiger partial charge in [0.15, 0.2) is 0 Å². The fourth-order valence-electron chi connectivity index (χ4n) is 3.42. The minimum Gasteiger partial charge on any atom is -0.489 e. The molecule has 3 aromatic carbocycles. The highest BCUT2D eigenvalue weighted by molar-refractivity contribution is 5.95. The zero-order valence-corrected chi connectivity index (χ0v) is 16.5. The lowest BCUT2D eigenvalue weighted by Crippen LogP contribution is -2.60. The SMILES string of the molecule is CC1=CC(O)(C(F)(F)F)N(C(=O)c2cccc(COc3ccc4ccccc4c3)c2)N1. The van der Waals surface area contributed by atoms with E-state index in [0.29, 0.717) is 17.4 Å². The van der Waals surface area contributed by atoms with Gasteiger partial charge in [-0.05, 0) is 53.6 Å². The van der Waals surface area contributed by atoms with Crippen molar-refractivity contribution in [3.05, 3.63) is 89.6 Å². The fourth-order valence-corrected chi connectivity index (χ4v) is 3.42. The Bertz CT molecular complexity index is 1180. The molecule has 5 nitrogen and oxygen atoms in total. The lowest BCUT2D eigenvalue weighted by molar-refractivity contribution is -0.283. The summed E-state index contributed by atoms with van der Waals surface area (Å²) in [4.78, 5) is 12.8. The van der Waals surface area contributed by atoms with Gasteiger partial charge >= 0.3 is 6.18 Å². The average Bonchev–Trinajstić information content (AvgIpc) is 3.07. The second-order valence-electron chi connectivity index (χ2n) is 7.30. The minimum atomic E-state index is -5.07. The third-order valence-corrected chi connectivity index (χ3v) is 4.97. The number of nitrogens with one attached hydrogen (secondary N) is 1. The number of amides is 1. The number of allylic oxidation sites excluding steroid dienone is 1. The number of hydrogen-bond donors (Lipinski definition) is 2. The van der Waals surface area contributed by atoms with Gasteiger partial charge in [0.25, 0.3) is 11.6 Å². The normalized spacial score (nSPS) is 18.6. The molecule has 0 fully saturated rings. The predicted octanol–water partition coefficient (Wildman–Crippen LogP) is 4.53. The van der Waals surface area contributed by atoms with Crippen LogP contribution < -0.4 is 10.2 Å². The van der Waals surface area contributed by atoms with Crippen molar-refractivity contribution in [1.82, 2.24) is 10.4 Å². The number of carbonyl (C=O) groups excluding carboxylic acids is 1. The number of carbonyl (C=O) groups is 1. The van der Waals surface area contributed by atoms with Crippen LogP contribution in [0.25, 0.3) is 10.8 Å². The third kappa shape index (κ3) is 3.94. The Morgan fingerprint density at radius 1 is 1.06 bits per heavy atom. The first-order chi connectivity index (χ1) is 14.7. The lowest BCUT2D eigenvalue weighted by Gasteiger charge is -2.33. The average molecular weight is 428 g/mol. The number of benzene rings is 3. The molecule has 1 heterocycles. The van der Waals surface area contributed by atoms with E-state index in [1.165, 1.54) is 19.1 Å². The zero-order valence-electron chi connectivity index (χ0n) is 16.5. The van der Waals surface area contributed by atoms with Crippen LogP contribution >= 0.6 is 0 Å². The van der Waals surface area contributed by atoms with Gasteiger partial charge in [-0.1, -0.05) is 42.5 Å². The second kappa shape index (κ2) is 7.63. The van der Waals surface area contributed by atoms with Crippen LogP contribution in [0, 0.1) is 0 Å². The molecule has 0 spiro atoms. The number of hydrogen-bond acceptors (Lipinski definition) is 4. The Balaban J connectivity index is 1.52. The number of aliphatic hydroxyl groups is 1. The van der Waals surface area contributed by atoms with Gasteiger partial charge in [0.05, 0.1) is 0 Å². The van der Waals surface area contributed by atoms with E-state index in [1.54, 1.807) is 12.1 Å². The van der Waals surface area contributed by atoms with E-state index < -0.39 is 17.8 Å². The third-order valence-electron chi connectivity index (χ3n) is 4.97. The molecule has 0 radical (unpaired) electrons. The quantitative estimate of drug-likeness (QED) is 0.641. The maximum atomic E-state index is 13.4. The molecule has 0 saturated heterocycles. The minimum absolute atomic E-state index is 0.0158. The highest BCUT2D eigenvalue weighted by Crippen LogP contribution is 2.38. The fraction of sp³-hybridized carbons (Fsp3) is 0.174. The van der Waals surface area contributed by atoms with Crippen LogP contribution in [0.15, 0.2) is 78.5 Å². The molecule has 1 aliphatic heterocycles. The molecule has 160 valence electrons. The van der Waals surface area contributed by atoms with Crippen LogP contribution in [0.2, 0.25) is 0 Å². The highest BCUT2D eigenvalue weighted by atomic mass is 19.4. The summed E-state index contributed by atoms with van der Waals surface area (Å²) in [6.07, 6.45) is -4.50. The van der Waals surface area contributed by atoms with Crippen molar-refractivity contribution in [1.29, 1.82) is 0 Å². The summed E-state index contributed by atoms with van der Waals surface area (Å²) in [5.41, 5.74) is -0.540. The van der Waals surface area contributed by atoms with Crippen LogP contribution in [0.3, 0.4) is 0 Å². The first-order valence-electron chi connectivity index (χ1n) is 9.48. The molecule has 3 aromatic rings. The van der Waals surface area contributed by atoms with Crippen LogP contribution in [-0.2, 0) is 6.61 Å². The molecule has 2 N–H and O–H groups in total. The standard InChI is InChI=1S/C23H19F3N2O3/c1-15-13-22(30,23(24,25)26)28(27-15)21(29)19-8-4-5-16(11-19)14-31-20-10-9-17-6-2-3-7-18(17)12-20/h2-13,27,30H,14H2,1H3. The number of rotatable bonds is 4. The van der Waals surface area contributed by atoms with Crippen molar-refractivity contribution in [3.8, 4) is 5.75 Å². The maximum absolute atomic E-state index is 13.4. The van der Waals surface area contributed by atoms with Gasteiger partial charge < -0.3 is 9.84 Å². The summed E-state index contributed by atoms with van der Waals surface area (Å²) < 4.78 is 46.0. The molecule has 0 aromatic heterocycles. The molecule has 0 bridgehead atoms. The molecule has 4 rings (SSSR count). The Morgan fingerprint density at radius 3 is 2.55 bits per heavy atom. The van der Waals surface area contributed by atoms with Gasteiger partial charge in [-0.25, -0.2) is 5.01 Å². The number of hydrazine groups is 1.